The first-order valence-corrected chi connectivity index (χ1v) is 5.71. The lowest BCUT2D eigenvalue weighted by molar-refractivity contribution is 0.105. The molecule has 12 heavy (non-hydrogen) atoms. The van der Waals surface area contributed by atoms with Gasteiger partial charge in [0.15, 0.2) is 0 Å². The zero-order valence-corrected chi connectivity index (χ0v) is 8.68. The average Bonchev–Trinajstić information content (AvgIpc) is 2.07. The summed E-state index contributed by atoms with van der Waals surface area (Å²) in [4.78, 5) is 2.70. The summed E-state index contributed by atoms with van der Waals surface area (Å²) < 4.78 is 0. The monoisotopic (exact) mass is 169 g/mol. The maximum Gasteiger partial charge on any atom is 0.00952 e. The van der Waals surface area contributed by atoms with Crippen LogP contribution in [0.4, 0.5) is 0 Å². The van der Waals surface area contributed by atoms with Gasteiger partial charge >= 0.3 is 0 Å². The summed E-state index contributed by atoms with van der Waals surface area (Å²) >= 11 is 0. The van der Waals surface area contributed by atoms with Crippen LogP contribution in [0.2, 0.25) is 0 Å². The van der Waals surface area contributed by atoms with Gasteiger partial charge in [-0.05, 0) is 38.8 Å². The first-order chi connectivity index (χ1) is 5.97. The minimum absolute atomic E-state index is 1.00. The predicted octanol–water partition coefficient (Wildman–Crippen LogP) is 3.05. The van der Waals surface area contributed by atoms with Crippen LogP contribution in [0.3, 0.4) is 0 Å². The maximum absolute atomic E-state index is 2.70. The Balaban J connectivity index is 0.000000336. The van der Waals surface area contributed by atoms with Crippen LogP contribution in [0.1, 0.15) is 52.4 Å². The van der Waals surface area contributed by atoms with E-state index in [1.807, 2.05) is 13.8 Å². The normalized spacial score (nSPS) is 25.5. The minimum Gasteiger partial charge on any atom is -0.300 e. The topological polar surface area (TPSA) is 3.24 Å². The summed E-state index contributed by atoms with van der Waals surface area (Å²) in [5, 5.41) is 0. The molecule has 1 saturated heterocycles. The highest BCUT2D eigenvalue weighted by atomic mass is 15.2. The molecule has 1 saturated carbocycles. The Labute approximate surface area is 77.1 Å². The van der Waals surface area contributed by atoms with Crippen LogP contribution in [-0.2, 0) is 0 Å². The van der Waals surface area contributed by atoms with E-state index in [4.69, 9.17) is 0 Å². The van der Waals surface area contributed by atoms with Crippen molar-refractivity contribution in [1.82, 2.24) is 4.90 Å². The summed E-state index contributed by atoms with van der Waals surface area (Å²) in [6, 6.07) is 1.00. The van der Waals surface area contributed by atoms with Gasteiger partial charge in [-0.3, -0.25) is 0 Å². The highest BCUT2D eigenvalue weighted by Gasteiger charge is 2.25. The third-order valence-electron chi connectivity index (χ3n) is 2.98. The molecule has 0 aromatic heterocycles. The number of hydrogen-bond acceptors (Lipinski definition) is 1. The Morgan fingerprint density at radius 3 is 1.83 bits per heavy atom. The standard InChI is InChI=1S/C9H17N.C2H6/c1-2-7-10(8-3-1)9-5-4-6-9;1-2/h9H,1-8H2;1-2H3. The van der Waals surface area contributed by atoms with Crippen molar-refractivity contribution in [2.75, 3.05) is 13.1 Å². The summed E-state index contributed by atoms with van der Waals surface area (Å²) in [5.41, 5.74) is 0. The fraction of sp³-hybridized carbons (Fsp3) is 1.00. The number of hydrogen-bond donors (Lipinski definition) is 0. The summed E-state index contributed by atoms with van der Waals surface area (Å²) in [6.07, 6.45) is 8.84. The van der Waals surface area contributed by atoms with Gasteiger partial charge in [-0.1, -0.05) is 26.7 Å². The number of piperidine rings is 1. The summed E-state index contributed by atoms with van der Waals surface area (Å²) in [7, 11) is 0. The van der Waals surface area contributed by atoms with Crippen LogP contribution in [0.25, 0.3) is 0 Å². The van der Waals surface area contributed by atoms with E-state index in [2.05, 4.69) is 4.90 Å². The second-order valence-corrected chi connectivity index (χ2v) is 3.68. The highest BCUT2D eigenvalue weighted by molar-refractivity contribution is 4.81. The quantitative estimate of drug-likeness (QED) is 0.583. The van der Waals surface area contributed by atoms with E-state index in [0.29, 0.717) is 0 Å². The average molecular weight is 169 g/mol. The molecule has 1 aliphatic carbocycles. The number of nitrogens with zero attached hydrogens (tertiary/aromatic N) is 1. The van der Waals surface area contributed by atoms with Crippen molar-refractivity contribution in [3.8, 4) is 0 Å². The van der Waals surface area contributed by atoms with Gasteiger partial charge < -0.3 is 4.90 Å². The van der Waals surface area contributed by atoms with Gasteiger partial charge in [0.05, 0.1) is 0 Å². The van der Waals surface area contributed by atoms with Crippen LogP contribution in [0.5, 0.6) is 0 Å². The van der Waals surface area contributed by atoms with Crippen molar-refractivity contribution in [3.63, 3.8) is 0 Å². The molecule has 0 radical (unpaired) electrons. The number of likely N-dealkylation sites (tertiary alicyclic amines) is 1. The second-order valence-electron chi connectivity index (χ2n) is 3.68. The fourth-order valence-corrected chi connectivity index (χ4v) is 2.04. The molecular weight excluding hydrogens is 146 g/mol. The Bertz CT molecular complexity index is 102. The van der Waals surface area contributed by atoms with E-state index in [0.717, 1.165) is 6.04 Å². The largest absolute Gasteiger partial charge is 0.300 e. The van der Waals surface area contributed by atoms with Crippen molar-refractivity contribution in [2.45, 2.75) is 58.4 Å². The molecular formula is C11H23N. The molecule has 2 rings (SSSR count). The van der Waals surface area contributed by atoms with E-state index in [1.54, 1.807) is 0 Å². The lowest BCUT2D eigenvalue weighted by Gasteiger charge is -2.39. The van der Waals surface area contributed by atoms with Crippen molar-refractivity contribution in [1.29, 1.82) is 0 Å². The molecule has 2 aliphatic rings. The molecule has 0 amide bonds. The van der Waals surface area contributed by atoms with Crippen LogP contribution < -0.4 is 0 Å². The SMILES string of the molecule is C1CCN(C2CCC2)CC1.CC. The van der Waals surface area contributed by atoms with E-state index in [-0.39, 0.29) is 0 Å². The fourth-order valence-electron chi connectivity index (χ4n) is 2.04. The smallest absolute Gasteiger partial charge is 0.00952 e. The Hall–Kier alpha value is -0.0400. The lowest BCUT2D eigenvalue weighted by atomic mass is 9.90. The first kappa shape index (κ1) is 10.0. The van der Waals surface area contributed by atoms with Crippen LogP contribution >= 0.6 is 0 Å². The molecule has 72 valence electrons. The van der Waals surface area contributed by atoms with Gasteiger partial charge in [-0.15, -0.1) is 0 Å². The van der Waals surface area contributed by atoms with Gasteiger partial charge in [0.2, 0.25) is 0 Å². The van der Waals surface area contributed by atoms with Crippen molar-refractivity contribution in [2.24, 2.45) is 0 Å². The third-order valence-corrected chi connectivity index (χ3v) is 2.98. The predicted molar refractivity (Wildman–Crippen MR) is 54.4 cm³/mol. The van der Waals surface area contributed by atoms with E-state index in [9.17, 15) is 0 Å². The molecule has 1 nitrogen and oxygen atoms in total. The Morgan fingerprint density at radius 1 is 0.833 bits per heavy atom. The van der Waals surface area contributed by atoms with Crippen LogP contribution in [0, 0.1) is 0 Å². The van der Waals surface area contributed by atoms with Gasteiger partial charge in [-0.2, -0.15) is 0 Å². The van der Waals surface area contributed by atoms with Crippen LogP contribution in [0.15, 0.2) is 0 Å². The summed E-state index contributed by atoms with van der Waals surface area (Å²) in [6.45, 7) is 6.79. The minimum atomic E-state index is 1.00. The van der Waals surface area contributed by atoms with Crippen molar-refractivity contribution < 1.29 is 0 Å². The molecule has 0 spiro atoms. The molecule has 0 N–H and O–H groups in total. The molecule has 0 bridgehead atoms. The number of rotatable bonds is 1. The van der Waals surface area contributed by atoms with E-state index < -0.39 is 0 Å². The molecule has 0 atom stereocenters. The van der Waals surface area contributed by atoms with Gasteiger partial charge in [0, 0.05) is 6.04 Å². The maximum atomic E-state index is 2.70. The van der Waals surface area contributed by atoms with Gasteiger partial charge in [0.25, 0.3) is 0 Å². The third kappa shape index (κ3) is 2.48. The lowest BCUT2D eigenvalue weighted by Crippen LogP contribution is -2.42. The van der Waals surface area contributed by atoms with Crippen molar-refractivity contribution in [3.05, 3.63) is 0 Å². The molecule has 1 aliphatic heterocycles. The highest BCUT2D eigenvalue weighted by Crippen LogP contribution is 2.26. The Morgan fingerprint density at radius 2 is 1.42 bits per heavy atom. The molecule has 1 heterocycles. The zero-order valence-electron chi connectivity index (χ0n) is 8.68. The van der Waals surface area contributed by atoms with E-state index >= 15 is 0 Å². The molecule has 1 heteroatoms. The second kappa shape index (κ2) is 5.58. The van der Waals surface area contributed by atoms with Crippen molar-refractivity contribution >= 4 is 0 Å². The molecule has 0 aromatic carbocycles. The zero-order chi connectivity index (χ0) is 8.81. The molecule has 0 unspecified atom stereocenters. The van der Waals surface area contributed by atoms with Gasteiger partial charge in [-0.25, -0.2) is 0 Å². The molecule has 2 fully saturated rings. The first-order valence-electron chi connectivity index (χ1n) is 5.71. The summed E-state index contributed by atoms with van der Waals surface area (Å²) in [5.74, 6) is 0. The molecule has 0 aromatic rings. The van der Waals surface area contributed by atoms with Gasteiger partial charge in [0.1, 0.15) is 0 Å². The van der Waals surface area contributed by atoms with Crippen LogP contribution in [-0.4, -0.2) is 24.0 Å². The van der Waals surface area contributed by atoms with E-state index in [1.165, 1.54) is 51.6 Å². The Kier molecular flexibility index (Phi) is 4.67.